The summed E-state index contributed by atoms with van der Waals surface area (Å²) in [5.41, 5.74) is 0.340. The number of carbonyl (C=O) groups is 1. The molecule has 0 aliphatic rings. The third kappa shape index (κ3) is 5.97. The van der Waals surface area contributed by atoms with Crippen LogP contribution in [-0.2, 0) is 9.53 Å². The van der Waals surface area contributed by atoms with Crippen LogP contribution in [-0.4, -0.2) is 22.4 Å². The van der Waals surface area contributed by atoms with Gasteiger partial charge < -0.3 is 9.84 Å². The number of halogens is 1. The Hall–Kier alpha value is -0.520. The lowest BCUT2D eigenvalue weighted by atomic mass is 10.1. The first-order valence-corrected chi connectivity index (χ1v) is 7.79. The maximum absolute atomic E-state index is 11.7. The highest BCUT2D eigenvalue weighted by Gasteiger charge is 2.17. The largest absolute Gasteiger partial charge is 0.459 e. The Morgan fingerprint density at radius 2 is 2.11 bits per heavy atom. The highest BCUT2D eigenvalue weighted by atomic mass is 79.9. The second-order valence-corrected chi connectivity index (χ2v) is 7.17. The van der Waals surface area contributed by atoms with Crippen molar-refractivity contribution in [1.82, 2.24) is 0 Å². The first-order chi connectivity index (χ1) is 8.69. The van der Waals surface area contributed by atoms with Crippen LogP contribution < -0.4 is 0 Å². The summed E-state index contributed by atoms with van der Waals surface area (Å²) in [6.45, 7) is 7.24. The Morgan fingerprint density at radius 3 is 2.63 bits per heavy atom. The van der Waals surface area contributed by atoms with Crippen molar-refractivity contribution in [3.8, 4) is 0 Å². The minimum absolute atomic E-state index is 0.235. The van der Waals surface area contributed by atoms with Crippen LogP contribution in [0.15, 0.2) is 27.6 Å². The zero-order valence-electron chi connectivity index (χ0n) is 11.6. The van der Waals surface area contributed by atoms with Crippen molar-refractivity contribution < 1.29 is 14.6 Å². The minimum Gasteiger partial charge on any atom is -0.459 e. The molecule has 19 heavy (non-hydrogen) atoms. The number of rotatable bonds is 4. The predicted octanol–water partition coefficient (Wildman–Crippen LogP) is 3.94. The van der Waals surface area contributed by atoms with Gasteiger partial charge in [-0.2, -0.15) is 0 Å². The van der Waals surface area contributed by atoms with Gasteiger partial charge in [-0.25, -0.2) is 0 Å². The van der Waals surface area contributed by atoms with Crippen LogP contribution in [0.2, 0.25) is 0 Å². The van der Waals surface area contributed by atoms with Gasteiger partial charge in [0.1, 0.15) is 5.60 Å². The first kappa shape index (κ1) is 16.5. The number of ether oxygens (including phenoxy) is 1. The third-order valence-electron chi connectivity index (χ3n) is 2.19. The number of thioether (sulfide) groups is 1. The van der Waals surface area contributed by atoms with E-state index in [9.17, 15) is 9.90 Å². The van der Waals surface area contributed by atoms with E-state index in [1.54, 1.807) is 6.92 Å². The molecule has 1 unspecified atom stereocenters. The summed E-state index contributed by atoms with van der Waals surface area (Å²) in [4.78, 5) is 12.6. The van der Waals surface area contributed by atoms with Crippen molar-refractivity contribution in [3.05, 3.63) is 28.2 Å². The van der Waals surface area contributed by atoms with E-state index in [1.807, 2.05) is 39.0 Å². The number of aliphatic hydroxyl groups excluding tert-OH is 1. The molecule has 0 heterocycles. The summed E-state index contributed by atoms with van der Waals surface area (Å²) in [5.74, 6) is -0.0181. The van der Waals surface area contributed by atoms with Crippen molar-refractivity contribution >= 4 is 33.7 Å². The van der Waals surface area contributed by atoms with E-state index >= 15 is 0 Å². The van der Waals surface area contributed by atoms with E-state index in [4.69, 9.17) is 4.74 Å². The SMILES string of the molecule is CC(O)c1cc(Br)ccc1SCC(=O)OC(C)(C)C. The molecule has 0 radical (unpaired) electrons. The molecule has 0 saturated heterocycles. The number of esters is 1. The van der Waals surface area contributed by atoms with Gasteiger partial charge in [0.05, 0.1) is 11.9 Å². The third-order valence-corrected chi connectivity index (χ3v) is 3.74. The molecule has 1 atom stereocenters. The zero-order valence-corrected chi connectivity index (χ0v) is 14.0. The first-order valence-electron chi connectivity index (χ1n) is 6.01. The average molecular weight is 347 g/mol. The Morgan fingerprint density at radius 1 is 1.47 bits per heavy atom. The summed E-state index contributed by atoms with van der Waals surface area (Å²) >= 11 is 4.75. The van der Waals surface area contributed by atoms with E-state index in [1.165, 1.54) is 11.8 Å². The normalized spacial score (nSPS) is 13.2. The molecule has 0 fully saturated rings. The molecule has 0 amide bonds. The van der Waals surface area contributed by atoms with Crippen molar-refractivity contribution in [2.75, 3.05) is 5.75 Å². The van der Waals surface area contributed by atoms with Gasteiger partial charge in [0, 0.05) is 9.37 Å². The lowest BCUT2D eigenvalue weighted by Crippen LogP contribution is -2.24. The maximum Gasteiger partial charge on any atom is 0.316 e. The topological polar surface area (TPSA) is 46.5 Å². The van der Waals surface area contributed by atoms with E-state index in [2.05, 4.69) is 15.9 Å². The molecule has 0 aliphatic heterocycles. The molecule has 0 aliphatic carbocycles. The zero-order chi connectivity index (χ0) is 14.6. The quantitative estimate of drug-likeness (QED) is 0.662. The highest BCUT2D eigenvalue weighted by molar-refractivity contribution is 9.10. The fraction of sp³-hybridized carbons (Fsp3) is 0.500. The van der Waals surface area contributed by atoms with Crippen LogP contribution in [0.3, 0.4) is 0 Å². The number of aliphatic hydroxyl groups is 1. The molecule has 1 aromatic carbocycles. The van der Waals surface area contributed by atoms with Crippen molar-refractivity contribution in [1.29, 1.82) is 0 Å². The Kier molecular flexibility index (Phi) is 5.89. The fourth-order valence-corrected chi connectivity index (χ4v) is 2.76. The van der Waals surface area contributed by atoms with E-state index in [0.717, 1.165) is 14.9 Å². The Bertz CT molecular complexity index is 452. The average Bonchev–Trinajstić information content (AvgIpc) is 2.24. The standard InChI is InChI=1S/C14H19BrO3S/c1-9(16)11-7-10(15)5-6-12(11)19-8-13(17)18-14(2,3)4/h5-7,9,16H,8H2,1-4H3. The van der Waals surface area contributed by atoms with Crippen LogP contribution >= 0.6 is 27.7 Å². The Balaban J connectivity index is 2.70. The second kappa shape index (κ2) is 6.77. The van der Waals surface area contributed by atoms with Crippen LogP contribution in [0, 0.1) is 0 Å². The molecule has 0 saturated carbocycles. The summed E-state index contributed by atoms with van der Waals surface area (Å²) < 4.78 is 6.16. The molecule has 0 spiro atoms. The fourth-order valence-electron chi connectivity index (χ4n) is 1.48. The van der Waals surface area contributed by atoms with Gasteiger partial charge in [-0.3, -0.25) is 4.79 Å². The van der Waals surface area contributed by atoms with Crippen LogP contribution in [0.4, 0.5) is 0 Å². The van der Waals surface area contributed by atoms with E-state index in [-0.39, 0.29) is 11.7 Å². The van der Waals surface area contributed by atoms with Gasteiger partial charge in [0.2, 0.25) is 0 Å². The molecule has 1 N–H and O–H groups in total. The van der Waals surface area contributed by atoms with Crippen LogP contribution in [0.5, 0.6) is 0 Å². The molecular formula is C14H19BrO3S. The van der Waals surface area contributed by atoms with Gasteiger partial charge in [0.15, 0.2) is 0 Å². The highest BCUT2D eigenvalue weighted by Crippen LogP contribution is 2.30. The molecule has 1 rings (SSSR count). The van der Waals surface area contributed by atoms with Gasteiger partial charge in [-0.15, -0.1) is 11.8 Å². The molecule has 106 valence electrons. The molecule has 5 heteroatoms. The summed E-state index contributed by atoms with van der Waals surface area (Å²) in [6, 6.07) is 5.65. The van der Waals surface area contributed by atoms with Crippen LogP contribution in [0.25, 0.3) is 0 Å². The summed E-state index contributed by atoms with van der Waals surface area (Å²) in [5, 5.41) is 9.73. The number of benzene rings is 1. The molecule has 1 aromatic rings. The van der Waals surface area contributed by atoms with Crippen molar-refractivity contribution in [2.24, 2.45) is 0 Å². The molecule has 3 nitrogen and oxygen atoms in total. The van der Waals surface area contributed by atoms with E-state index < -0.39 is 11.7 Å². The molecule has 0 bridgehead atoms. The van der Waals surface area contributed by atoms with Crippen LogP contribution in [0.1, 0.15) is 39.4 Å². The maximum atomic E-state index is 11.7. The van der Waals surface area contributed by atoms with Gasteiger partial charge >= 0.3 is 5.97 Å². The second-order valence-electron chi connectivity index (χ2n) is 5.23. The smallest absolute Gasteiger partial charge is 0.316 e. The van der Waals surface area contributed by atoms with Gasteiger partial charge in [0.25, 0.3) is 0 Å². The molecule has 0 aromatic heterocycles. The van der Waals surface area contributed by atoms with Gasteiger partial charge in [-0.05, 0) is 51.5 Å². The monoisotopic (exact) mass is 346 g/mol. The van der Waals surface area contributed by atoms with E-state index in [0.29, 0.717) is 0 Å². The summed E-state index contributed by atoms with van der Waals surface area (Å²) in [6.07, 6.45) is -0.571. The Labute approximate surface area is 126 Å². The minimum atomic E-state index is -0.571. The molecular weight excluding hydrogens is 328 g/mol. The van der Waals surface area contributed by atoms with Crippen molar-refractivity contribution in [2.45, 2.75) is 44.3 Å². The summed E-state index contributed by atoms with van der Waals surface area (Å²) in [7, 11) is 0. The lowest BCUT2D eigenvalue weighted by Gasteiger charge is -2.19. The lowest BCUT2D eigenvalue weighted by molar-refractivity contribution is -0.151. The number of carbonyl (C=O) groups excluding carboxylic acids is 1. The van der Waals surface area contributed by atoms with Gasteiger partial charge in [-0.1, -0.05) is 15.9 Å². The predicted molar refractivity (Wildman–Crippen MR) is 81.3 cm³/mol. The number of hydrogen-bond donors (Lipinski definition) is 1. The van der Waals surface area contributed by atoms with Crippen molar-refractivity contribution in [3.63, 3.8) is 0 Å². The number of hydrogen-bond acceptors (Lipinski definition) is 4.